The molecule has 0 aromatic heterocycles. The molecule has 1 saturated heterocycles. The lowest BCUT2D eigenvalue weighted by molar-refractivity contribution is -0.134. The van der Waals surface area contributed by atoms with Gasteiger partial charge in [0.25, 0.3) is 5.91 Å². The quantitative estimate of drug-likeness (QED) is 0.467. The number of nitrogens with one attached hydrogen (secondary N) is 1. The van der Waals surface area contributed by atoms with Gasteiger partial charge in [0.05, 0.1) is 5.41 Å². The van der Waals surface area contributed by atoms with E-state index < -0.39 is 5.91 Å². The number of hydrogen-bond donors (Lipinski definition) is 2. The molecule has 0 radical (unpaired) electrons. The zero-order valence-corrected chi connectivity index (χ0v) is 16.3. The Morgan fingerprint density at radius 1 is 0.931 bits per heavy atom. The first kappa shape index (κ1) is 19.2. The van der Waals surface area contributed by atoms with E-state index in [4.69, 9.17) is 5.21 Å². The molecule has 6 heteroatoms. The SMILES string of the molecule is O=C(/C=C/c1ccccc1N1CCN(C(=O)C2(c3ccccc3)CC2)CC1)NO. The van der Waals surface area contributed by atoms with E-state index in [0.29, 0.717) is 13.1 Å². The molecule has 150 valence electrons. The highest BCUT2D eigenvalue weighted by Gasteiger charge is 2.53. The van der Waals surface area contributed by atoms with E-state index in [1.54, 1.807) is 11.6 Å². The molecule has 4 rings (SSSR count). The molecule has 2 fully saturated rings. The molecule has 0 spiro atoms. The fourth-order valence-corrected chi connectivity index (χ4v) is 4.08. The molecule has 2 aromatic rings. The molecule has 1 saturated carbocycles. The van der Waals surface area contributed by atoms with Gasteiger partial charge in [-0.15, -0.1) is 0 Å². The Morgan fingerprint density at radius 2 is 1.59 bits per heavy atom. The average molecular weight is 391 g/mol. The van der Waals surface area contributed by atoms with Crippen LogP contribution in [0.4, 0.5) is 5.69 Å². The molecule has 2 N–H and O–H groups in total. The predicted octanol–water partition coefficient (Wildman–Crippen LogP) is 2.59. The second kappa shape index (κ2) is 8.09. The van der Waals surface area contributed by atoms with Crippen LogP contribution in [0.15, 0.2) is 60.7 Å². The zero-order valence-electron chi connectivity index (χ0n) is 16.3. The van der Waals surface area contributed by atoms with Crippen LogP contribution in [0, 0.1) is 0 Å². The van der Waals surface area contributed by atoms with Crippen LogP contribution in [0.2, 0.25) is 0 Å². The lowest BCUT2D eigenvalue weighted by Gasteiger charge is -2.38. The first-order valence-electron chi connectivity index (χ1n) is 9.95. The Kier molecular flexibility index (Phi) is 5.36. The van der Waals surface area contributed by atoms with Gasteiger partial charge in [-0.1, -0.05) is 48.5 Å². The van der Waals surface area contributed by atoms with Crippen LogP contribution < -0.4 is 10.4 Å². The molecule has 0 bridgehead atoms. The van der Waals surface area contributed by atoms with Gasteiger partial charge in [0, 0.05) is 37.9 Å². The van der Waals surface area contributed by atoms with Crippen molar-refractivity contribution in [3.63, 3.8) is 0 Å². The van der Waals surface area contributed by atoms with Crippen LogP contribution in [-0.2, 0) is 15.0 Å². The van der Waals surface area contributed by atoms with Crippen molar-refractivity contribution < 1.29 is 14.8 Å². The second-order valence-corrected chi connectivity index (χ2v) is 7.60. The van der Waals surface area contributed by atoms with Crippen molar-refractivity contribution in [3.8, 4) is 0 Å². The number of carbonyl (C=O) groups is 2. The molecule has 0 atom stereocenters. The molecular weight excluding hydrogens is 366 g/mol. The Morgan fingerprint density at radius 3 is 2.24 bits per heavy atom. The third-order valence-corrected chi connectivity index (χ3v) is 5.85. The van der Waals surface area contributed by atoms with Crippen LogP contribution in [0.25, 0.3) is 6.08 Å². The van der Waals surface area contributed by atoms with Crippen molar-refractivity contribution >= 4 is 23.6 Å². The normalized spacial score (nSPS) is 18.0. The average Bonchev–Trinajstić information content (AvgIpc) is 3.60. The topological polar surface area (TPSA) is 72.9 Å². The van der Waals surface area contributed by atoms with Crippen LogP contribution in [0.5, 0.6) is 0 Å². The highest BCUT2D eigenvalue weighted by atomic mass is 16.5. The molecule has 6 nitrogen and oxygen atoms in total. The molecule has 29 heavy (non-hydrogen) atoms. The van der Waals surface area contributed by atoms with E-state index in [-0.39, 0.29) is 11.3 Å². The lowest BCUT2D eigenvalue weighted by Crippen LogP contribution is -2.51. The van der Waals surface area contributed by atoms with Crippen LogP contribution >= 0.6 is 0 Å². The Hall–Kier alpha value is -3.12. The minimum absolute atomic E-state index is 0.246. The number of para-hydroxylation sites is 1. The van der Waals surface area contributed by atoms with Crippen molar-refractivity contribution in [2.45, 2.75) is 18.3 Å². The van der Waals surface area contributed by atoms with Crippen LogP contribution in [0.3, 0.4) is 0 Å². The number of hydroxylamine groups is 1. The van der Waals surface area contributed by atoms with E-state index in [9.17, 15) is 9.59 Å². The molecule has 1 aliphatic carbocycles. The van der Waals surface area contributed by atoms with Crippen molar-refractivity contribution in [3.05, 3.63) is 71.8 Å². The minimum Gasteiger partial charge on any atom is -0.367 e. The Labute approximate surface area is 170 Å². The summed E-state index contributed by atoms with van der Waals surface area (Å²) in [5.41, 5.74) is 4.34. The number of anilines is 1. The number of amides is 2. The number of piperazine rings is 1. The first-order chi connectivity index (χ1) is 14.1. The summed E-state index contributed by atoms with van der Waals surface area (Å²) in [5.74, 6) is -0.318. The van der Waals surface area contributed by atoms with E-state index in [0.717, 1.165) is 42.7 Å². The molecule has 1 aliphatic heterocycles. The molecule has 2 aliphatic rings. The van der Waals surface area contributed by atoms with Gasteiger partial charge in [0.2, 0.25) is 5.91 Å². The van der Waals surface area contributed by atoms with Crippen LogP contribution in [0.1, 0.15) is 24.0 Å². The summed E-state index contributed by atoms with van der Waals surface area (Å²) in [6.07, 6.45) is 4.84. The van der Waals surface area contributed by atoms with Gasteiger partial charge in [-0.05, 0) is 36.1 Å². The highest BCUT2D eigenvalue weighted by molar-refractivity contribution is 5.92. The van der Waals surface area contributed by atoms with Gasteiger partial charge in [-0.2, -0.15) is 0 Å². The maximum absolute atomic E-state index is 13.2. The molecular formula is C23H25N3O3. The zero-order chi connectivity index (χ0) is 20.3. The smallest absolute Gasteiger partial charge is 0.267 e. The third-order valence-electron chi connectivity index (χ3n) is 5.85. The summed E-state index contributed by atoms with van der Waals surface area (Å²) >= 11 is 0. The second-order valence-electron chi connectivity index (χ2n) is 7.60. The van der Waals surface area contributed by atoms with Crippen molar-refractivity contribution in [1.82, 2.24) is 10.4 Å². The maximum atomic E-state index is 13.2. The number of benzene rings is 2. The first-order valence-corrected chi connectivity index (χ1v) is 9.95. The lowest BCUT2D eigenvalue weighted by atomic mass is 9.94. The van der Waals surface area contributed by atoms with Crippen molar-refractivity contribution in [2.24, 2.45) is 0 Å². The number of hydrogen-bond acceptors (Lipinski definition) is 4. The van der Waals surface area contributed by atoms with Gasteiger partial charge in [-0.3, -0.25) is 14.8 Å². The molecule has 2 amide bonds. The number of rotatable bonds is 5. The van der Waals surface area contributed by atoms with Crippen molar-refractivity contribution in [1.29, 1.82) is 0 Å². The number of nitrogens with zero attached hydrogens (tertiary/aromatic N) is 2. The summed E-state index contributed by atoms with van der Waals surface area (Å²) in [7, 11) is 0. The third kappa shape index (κ3) is 3.89. The minimum atomic E-state index is -0.564. The molecule has 1 heterocycles. The van der Waals surface area contributed by atoms with Gasteiger partial charge in [0.1, 0.15) is 0 Å². The standard InChI is InChI=1S/C23H25N3O3/c27-21(24-29)11-10-18-6-4-5-9-20(18)25-14-16-26(17-15-25)22(28)23(12-13-23)19-7-2-1-3-8-19/h1-11,29H,12-17H2,(H,24,27)/b11-10+. The largest absolute Gasteiger partial charge is 0.367 e. The Bertz CT molecular complexity index is 914. The van der Waals surface area contributed by atoms with Gasteiger partial charge in [-0.25, -0.2) is 5.48 Å². The molecule has 2 aromatic carbocycles. The monoisotopic (exact) mass is 391 g/mol. The molecule has 0 unspecified atom stereocenters. The summed E-state index contributed by atoms with van der Waals surface area (Å²) < 4.78 is 0. The van der Waals surface area contributed by atoms with Crippen LogP contribution in [-0.4, -0.2) is 48.1 Å². The van der Waals surface area contributed by atoms with E-state index >= 15 is 0 Å². The fraction of sp³-hybridized carbons (Fsp3) is 0.304. The highest BCUT2D eigenvalue weighted by Crippen LogP contribution is 2.49. The van der Waals surface area contributed by atoms with E-state index in [2.05, 4.69) is 17.0 Å². The fourth-order valence-electron chi connectivity index (χ4n) is 4.08. The maximum Gasteiger partial charge on any atom is 0.267 e. The van der Waals surface area contributed by atoms with E-state index in [1.807, 2.05) is 47.4 Å². The summed E-state index contributed by atoms with van der Waals surface area (Å²) in [5, 5.41) is 8.67. The Balaban J connectivity index is 1.44. The summed E-state index contributed by atoms with van der Waals surface area (Å²) in [4.78, 5) is 28.8. The van der Waals surface area contributed by atoms with Crippen molar-refractivity contribution in [2.75, 3.05) is 31.1 Å². The number of carbonyl (C=O) groups excluding carboxylic acids is 2. The van der Waals surface area contributed by atoms with Gasteiger partial charge >= 0.3 is 0 Å². The van der Waals surface area contributed by atoms with E-state index in [1.165, 1.54) is 6.08 Å². The summed E-state index contributed by atoms with van der Waals surface area (Å²) in [6, 6.07) is 17.9. The predicted molar refractivity (Wildman–Crippen MR) is 112 cm³/mol. The summed E-state index contributed by atoms with van der Waals surface area (Å²) in [6.45, 7) is 2.85. The van der Waals surface area contributed by atoms with Gasteiger partial charge < -0.3 is 9.80 Å². The van der Waals surface area contributed by atoms with Gasteiger partial charge in [0.15, 0.2) is 0 Å².